The summed E-state index contributed by atoms with van der Waals surface area (Å²) < 4.78 is 25.8. The number of sulfone groups is 1. The van der Waals surface area contributed by atoms with Crippen molar-refractivity contribution < 1.29 is 13.2 Å². The maximum Gasteiger partial charge on any atom is 0.264 e. The van der Waals surface area contributed by atoms with E-state index in [0.717, 1.165) is 16.7 Å². The molecule has 0 unspecified atom stereocenters. The molecule has 0 bridgehead atoms. The highest BCUT2D eigenvalue weighted by molar-refractivity contribution is 7.92. The highest BCUT2D eigenvalue weighted by Gasteiger charge is 2.52. The molecule has 0 spiro atoms. The Hall–Kier alpha value is -3.75. The molecule has 8 heteroatoms. The van der Waals surface area contributed by atoms with Gasteiger partial charge in [0.05, 0.1) is 12.3 Å². The summed E-state index contributed by atoms with van der Waals surface area (Å²) in [5.41, 5.74) is 1.68. The molecule has 35 heavy (non-hydrogen) atoms. The zero-order valence-electron chi connectivity index (χ0n) is 18.7. The number of carbonyl (C=O) groups excluding carboxylic acids is 1. The zero-order chi connectivity index (χ0) is 24.5. The van der Waals surface area contributed by atoms with Crippen LogP contribution in [0, 0.1) is 5.41 Å². The molecule has 1 fully saturated rings. The lowest BCUT2D eigenvalue weighted by Gasteiger charge is -2.28. The van der Waals surface area contributed by atoms with Crippen molar-refractivity contribution in [2.75, 3.05) is 0 Å². The first-order chi connectivity index (χ1) is 16.9. The lowest BCUT2D eigenvalue weighted by Crippen LogP contribution is -2.45. The Labute approximate surface area is 208 Å². The summed E-state index contributed by atoms with van der Waals surface area (Å²) in [4.78, 5) is 15.3. The molecule has 1 aliphatic rings. The fourth-order valence-corrected chi connectivity index (χ4v) is 6.84. The van der Waals surface area contributed by atoms with Crippen molar-refractivity contribution in [3.8, 4) is 0 Å². The molecule has 5 rings (SSSR count). The van der Waals surface area contributed by atoms with Crippen molar-refractivity contribution in [1.82, 2.24) is 10.2 Å². The Balaban J connectivity index is 1.46. The van der Waals surface area contributed by atoms with Gasteiger partial charge in [0.25, 0.3) is 5.91 Å². The largest absolute Gasteiger partial charge is 0.334 e. The van der Waals surface area contributed by atoms with Gasteiger partial charge in [0.1, 0.15) is 4.21 Å². The van der Waals surface area contributed by atoms with Gasteiger partial charge in [0.2, 0.25) is 0 Å². The fraction of sp³-hybridized carbons (Fsp3) is 0.111. The summed E-state index contributed by atoms with van der Waals surface area (Å²) in [6.45, 7) is 0.152. The van der Waals surface area contributed by atoms with Crippen LogP contribution in [0.3, 0.4) is 0 Å². The van der Waals surface area contributed by atoms with Crippen LogP contribution in [-0.2, 0) is 32.5 Å². The molecule has 176 valence electrons. The van der Waals surface area contributed by atoms with Gasteiger partial charge in [0, 0.05) is 0 Å². The summed E-state index contributed by atoms with van der Waals surface area (Å²) >= 11 is 1.20. The van der Waals surface area contributed by atoms with E-state index in [-0.39, 0.29) is 24.2 Å². The Kier molecular flexibility index (Phi) is 6.00. The van der Waals surface area contributed by atoms with Gasteiger partial charge < -0.3 is 5.32 Å². The molecular weight excluding hydrogens is 478 g/mol. The molecule has 0 saturated carbocycles. The predicted octanol–water partition coefficient (Wildman–Crippen LogP) is 4.53. The number of amides is 1. The number of rotatable bonds is 7. The van der Waals surface area contributed by atoms with Gasteiger partial charge in [0.15, 0.2) is 21.3 Å². The van der Waals surface area contributed by atoms with Gasteiger partial charge >= 0.3 is 0 Å². The van der Waals surface area contributed by atoms with Crippen LogP contribution in [0.4, 0.5) is 0 Å². The Morgan fingerprint density at radius 2 is 1.46 bits per heavy atom. The number of hydrogen-bond acceptors (Lipinski definition) is 5. The third-order valence-electron chi connectivity index (χ3n) is 6.05. The molecule has 0 aliphatic carbocycles. The molecule has 0 atom stereocenters. The Morgan fingerprint density at radius 1 is 0.829 bits per heavy atom. The third kappa shape index (κ3) is 4.26. The maximum absolute atomic E-state index is 13.9. The highest BCUT2D eigenvalue weighted by Crippen LogP contribution is 2.36. The van der Waals surface area contributed by atoms with Crippen LogP contribution >= 0.6 is 11.3 Å². The van der Waals surface area contributed by atoms with Gasteiger partial charge in [-0.2, -0.15) is 0 Å². The molecule has 1 aromatic heterocycles. The van der Waals surface area contributed by atoms with Crippen LogP contribution in [0.1, 0.15) is 22.3 Å². The molecular formula is C27H23N3O3S2. The van der Waals surface area contributed by atoms with Gasteiger partial charge in [-0.3, -0.25) is 15.1 Å². The van der Waals surface area contributed by atoms with Crippen molar-refractivity contribution in [3.63, 3.8) is 0 Å². The summed E-state index contributed by atoms with van der Waals surface area (Å²) in [6.07, 6.45) is 0. The van der Waals surface area contributed by atoms with E-state index in [1.54, 1.807) is 35.7 Å². The Morgan fingerprint density at radius 3 is 2.06 bits per heavy atom. The third-order valence-corrected chi connectivity index (χ3v) is 9.22. The van der Waals surface area contributed by atoms with E-state index in [1.165, 1.54) is 16.2 Å². The second-order valence-electron chi connectivity index (χ2n) is 8.36. The van der Waals surface area contributed by atoms with Crippen LogP contribution in [0.5, 0.6) is 0 Å². The van der Waals surface area contributed by atoms with Crippen LogP contribution in [0.15, 0.2) is 107 Å². The maximum atomic E-state index is 13.9. The lowest BCUT2D eigenvalue weighted by molar-refractivity contribution is -0.130. The zero-order valence-corrected chi connectivity index (χ0v) is 20.4. The number of thiophene rings is 1. The number of benzene rings is 3. The van der Waals surface area contributed by atoms with Crippen molar-refractivity contribution in [2.24, 2.45) is 0 Å². The Bertz CT molecular complexity index is 1430. The summed E-state index contributed by atoms with van der Waals surface area (Å²) in [5, 5.41) is 13.5. The molecule has 1 amide bonds. The molecule has 3 aromatic carbocycles. The molecule has 1 aliphatic heterocycles. The minimum atomic E-state index is -3.44. The molecule has 6 nitrogen and oxygen atoms in total. The number of nitrogens with one attached hydrogen (secondary N) is 2. The first-order valence-electron chi connectivity index (χ1n) is 11.0. The van der Waals surface area contributed by atoms with Gasteiger partial charge in [-0.1, -0.05) is 91.0 Å². The number of carbonyl (C=O) groups is 1. The van der Waals surface area contributed by atoms with E-state index in [1.807, 2.05) is 66.7 Å². The average Bonchev–Trinajstić information content (AvgIpc) is 3.50. The molecule has 2 N–H and O–H groups in total. The van der Waals surface area contributed by atoms with Gasteiger partial charge in [-0.25, -0.2) is 8.42 Å². The minimum absolute atomic E-state index is 0.000633. The highest BCUT2D eigenvalue weighted by atomic mass is 32.2. The second kappa shape index (κ2) is 9.13. The predicted molar refractivity (Wildman–Crippen MR) is 137 cm³/mol. The van der Waals surface area contributed by atoms with Crippen LogP contribution in [-0.4, -0.2) is 25.2 Å². The van der Waals surface area contributed by atoms with E-state index < -0.39 is 15.4 Å². The summed E-state index contributed by atoms with van der Waals surface area (Å²) in [7, 11) is -3.44. The van der Waals surface area contributed by atoms with E-state index in [2.05, 4.69) is 5.32 Å². The lowest BCUT2D eigenvalue weighted by atomic mass is 9.82. The molecule has 1 saturated heterocycles. The SMILES string of the molecule is N=C1NC(c2ccccc2)(c2ccccc2)C(=O)N1Cc1cccc(CS(=O)(=O)c2cccs2)c1. The summed E-state index contributed by atoms with van der Waals surface area (Å²) in [6, 6.07) is 29.3. The topological polar surface area (TPSA) is 90.3 Å². The van der Waals surface area contributed by atoms with E-state index in [4.69, 9.17) is 5.41 Å². The van der Waals surface area contributed by atoms with Crippen molar-refractivity contribution >= 4 is 33.0 Å². The fourth-order valence-electron chi connectivity index (χ4n) is 4.42. The van der Waals surface area contributed by atoms with Crippen LogP contribution in [0.2, 0.25) is 0 Å². The van der Waals surface area contributed by atoms with Gasteiger partial charge in [-0.15, -0.1) is 11.3 Å². The first-order valence-corrected chi connectivity index (χ1v) is 13.6. The standard InChI is InChI=1S/C27H23N3O3S2/c28-26-29-27(22-11-3-1-4-12-22,23-13-5-2-6-14-23)25(31)30(26)18-20-9-7-10-21(17-20)19-35(32,33)24-15-8-16-34-24/h1-17H,18-19H2,(H2,28,29). The van der Waals surface area contributed by atoms with E-state index in [0.29, 0.717) is 9.77 Å². The molecule has 0 radical (unpaired) electrons. The van der Waals surface area contributed by atoms with Crippen LogP contribution in [0.25, 0.3) is 0 Å². The number of nitrogens with zero attached hydrogens (tertiary/aromatic N) is 1. The number of hydrogen-bond donors (Lipinski definition) is 2. The number of guanidine groups is 1. The monoisotopic (exact) mass is 501 g/mol. The van der Waals surface area contributed by atoms with Crippen LogP contribution < -0.4 is 5.32 Å². The van der Waals surface area contributed by atoms with E-state index in [9.17, 15) is 13.2 Å². The van der Waals surface area contributed by atoms with Crippen molar-refractivity contribution in [1.29, 1.82) is 5.41 Å². The summed E-state index contributed by atoms with van der Waals surface area (Å²) in [5.74, 6) is -0.376. The second-order valence-corrected chi connectivity index (χ2v) is 11.5. The van der Waals surface area contributed by atoms with Crippen molar-refractivity contribution in [3.05, 3.63) is 125 Å². The average molecular weight is 502 g/mol. The van der Waals surface area contributed by atoms with E-state index >= 15 is 0 Å². The van der Waals surface area contributed by atoms with Crippen molar-refractivity contribution in [2.45, 2.75) is 22.0 Å². The molecule has 4 aromatic rings. The van der Waals surface area contributed by atoms with Gasteiger partial charge in [-0.05, 0) is 33.7 Å². The minimum Gasteiger partial charge on any atom is -0.334 e. The first kappa shape index (κ1) is 23.0. The quantitative estimate of drug-likeness (QED) is 0.389. The molecule has 2 heterocycles. The smallest absolute Gasteiger partial charge is 0.264 e. The normalized spacial score (nSPS) is 15.3.